The first-order valence-electron chi connectivity index (χ1n) is 7.33. The molecule has 114 valence electrons. The smallest absolute Gasteiger partial charge is 0.318 e. The minimum atomic E-state index is -1.08. The van der Waals surface area contributed by atoms with E-state index < -0.39 is 5.60 Å². The van der Waals surface area contributed by atoms with Crippen LogP contribution in [0.1, 0.15) is 38.2 Å². The van der Waals surface area contributed by atoms with Crippen LogP contribution in [0.3, 0.4) is 0 Å². The molecule has 1 unspecified atom stereocenters. The average molecular weight is 316 g/mol. The summed E-state index contributed by atoms with van der Waals surface area (Å²) in [6.07, 6.45) is 6.53. The first-order chi connectivity index (χ1) is 10.7. The van der Waals surface area contributed by atoms with Gasteiger partial charge in [-0.3, -0.25) is 0 Å². The Morgan fingerprint density at radius 3 is 2.45 bits per heavy atom. The summed E-state index contributed by atoms with van der Waals surface area (Å²) >= 11 is 5.79. The number of rotatable bonds is 7. The Hall–Kier alpha value is -2.12. The standard InChI is InChI=1S/C17H18ClN3O/c1-2-3-7-10-17(13-19,14-8-5-4-6-9-14)22-16-20-11-15(18)12-21-16/h4-6,8-9,11-12H,2-3,7,10H2,1H3. The minimum Gasteiger partial charge on any atom is -0.437 e. The monoisotopic (exact) mass is 315 g/mol. The summed E-state index contributed by atoms with van der Waals surface area (Å²) in [5.41, 5.74) is -0.267. The van der Waals surface area contributed by atoms with E-state index in [1.165, 1.54) is 12.4 Å². The van der Waals surface area contributed by atoms with Crippen LogP contribution in [-0.2, 0) is 5.60 Å². The molecule has 0 saturated carbocycles. The number of benzene rings is 1. The van der Waals surface area contributed by atoms with Crippen LogP contribution in [0, 0.1) is 11.3 Å². The zero-order valence-corrected chi connectivity index (χ0v) is 13.3. The van der Waals surface area contributed by atoms with E-state index >= 15 is 0 Å². The number of hydrogen-bond acceptors (Lipinski definition) is 4. The van der Waals surface area contributed by atoms with E-state index in [-0.39, 0.29) is 6.01 Å². The second-order valence-electron chi connectivity index (χ2n) is 5.05. The molecular formula is C17H18ClN3O. The predicted molar refractivity (Wildman–Crippen MR) is 85.5 cm³/mol. The van der Waals surface area contributed by atoms with E-state index in [0.29, 0.717) is 11.4 Å². The third-order valence-electron chi connectivity index (χ3n) is 3.42. The summed E-state index contributed by atoms with van der Waals surface area (Å²) in [6.45, 7) is 2.12. The van der Waals surface area contributed by atoms with Crippen LogP contribution < -0.4 is 4.74 Å². The highest BCUT2D eigenvalue weighted by molar-refractivity contribution is 6.30. The molecule has 4 nitrogen and oxygen atoms in total. The van der Waals surface area contributed by atoms with Crippen molar-refractivity contribution < 1.29 is 4.74 Å². The highest BCUT2D eigenvalue weighted by atomic mass is 35.5. The highest BCUT2D eigenvalue weighted by Crippen LogP contribution is 2.31. The van der Waals surface area contributed by atoms with Gasteiger partial charge in [0.05, 0.1) is 17.4 Å². The molecule has 5 heteroatoms. The summed E-state index contributed by atoms with van der Waals surface area (Å²) in [7, 11) is 0. The number of halogens is 1. The van der Waals surface area contributed by atoms with E-state index in [4.69, 9.17) is 16.3 Å². The summed E-state index contributed by atoms with van der Waals surface area (Å²) < 4.78 is 5.90. The lowest BCUT2D eigenvalue weighted by atomic mass is 9.89. The van der Waals surface area contributed by atoms with Crippen LogP contribution in [0.5, 0.6) is 6.01 Å². The van der Waals surface area contributed by atoms with E-state index in [2.05, 4.69) is 23.0 Å². The first kappa shape index (κ1) is 16.3. The van der Waals surface area contributed by atoms with Crippen molar-refractivity contribution in [3.63, 3.8) is 0 Å². The van der Waals surface area contributed by atoms with Crippen molar-refractivity contribution in [2.24, 2.45) is 0 Å². The Bertz CT molecular complexity index is 625. The fourth-order valence-electron chi connectivity index (χ4n) is 2.24. The second kappa shape index (κ2) is 7.77. The van der Waals surface area contributed by atoms with Crippen LogP contribution in [0.4, 0.5) is 0 Å². The highest BCUT2D eigenvalue weighted by Gasteiger charge is 2.35. The number of aromatic nitrogens is 2. The zero-order valence-electron chi connectivity index (χ0n) is 12.5. The van der Waals surface area contributed by atoms with Crippen molar-refractivity contribution in [1.82, 2.24) is 9.97 Å². The molecule has 0 amide bonds. The van der Waals surface area contributed by atoms with Gasteiger partial charge >= 0.3 is 6.01 Å². The molecule has 0 N–H and O–H groups in total. The van der Waals surface area contributed by atoms with E-state index in [1.54, 1.807) is 0 Å². The van der Waals surface area contributed by atoms with Crippen molar-refractivity contribution in [1.29, 1.82) is 5.26 Å². The van der Waals surface area contributed by atoms with Crippen LogP contribution in [0.25, 0.3) is 0 Å². The summed E-state index contributed by atoms with van der Waals surface area (Å²) in [6, 6.07) is 12.0. The topological polar surface area (TPSA) is 58.8 Å². The third-order valence-corrected chi connectivity index (χ3v) is 3.61. The van der Waals surface area contributed by atoms with Gasteiger partial charge in [0.25, 0.3) is 0 Å². The Morgan fingerprint density at radius 2 is 1.86 bits per heavy atom. The van der Waals surface area contributed by atoms with Crippen LogP contribution in [0.2, 0.25) is 5.02 Å². The lowest BCUT2D eigenvalue weighted by molar-refractivity contribution is 0.100. The molecule has 1 aromatic carbocycles. The zero-order chi connectivity index (χ0) is 15.8. The van der Waals surface area contributed by atoms with Crippen LogP contribution in [0.15, 0.2) is 42.7 Å². The van der Waals surface area contributed by atoms with Crippen molar-refractivity contribution in [2.75, 3.05) is 0 Å². The maximum Gasteiger partial charge on any atom is 0.318 e. The van der Waals surface area contributed by atoms with Crippen LogP contribution >= 0.6 is 11.6 Å². The van der Waals surface area contributed by atoms with E-state index in [0.717, 1.165) is 24.8 Å². The fraction of sp³-hybridized carbons (Fsp3) is 0.353. The van der Waals surface area contributed by atoms with Gasteiger partial charge in [0.2, 0.25) is 5.60 Å². The normalized spacial score (nSPS) is 13.1. The molecular weight excluding hydrogens is 298 g/mol. The molecule has 0 saturated heterocycles. The van der Waals surface area contributed by atoms with Gasteiger partial charge in [-0.05, 0) is 6.42 Å². The largest absolute Gasteiger partial charge is 0.437 e. The third kappa shape index (κ3) is 3.96. The SMILES string of the molecule is CCCCCC(C#N)(Oc1ncc(Cl)cn1)c1ccccc1. The maximum absolute atomic E-state index is 9.79. The van der Waals surface area contributed by atoms with Crippen LogP contribution in [-0.4, -0.2) is 9.97 Å². The van der Waals surface area contributed by atoms with Gasteiger partial charge < -0.3 is 4.74 Å². The molecule has 1 atom stereocenters. The first-order valence-corrected chi connectivity index (χ1v) is 7.71. The molecule has 0 spiro atoms. The lowest BCUT2D eigenvalue weighted by Gasteiger charge is -2.27. The summed E-state index contributed by atoms with van der Waals surface area (Å²) in [5, 5.41) is 10.2. The molecule has 1 heterocycles. The molecule has 0 radical (unpaired) electrons. The number of hydrogen-bond donors (Lipinski definition) is 0. The fourth-order valence-corrected chi connectivity index (χ4v) is 2.34. The molecule has 2 rings (SSSR count). The molecule has 0 aliphatic rings. The van der Waals surface area contributed by atoms with Gasteiger partial charge in [-0.1, -0.05) is 61.7 Å². The molecule has 22 heavy (non-hydrogen) atoms. The summed E-state index contributed by atoms with van der Waals surface area (Å²) in [5.74, 6) is 0. The van der Waals surface area contributed by atoms with Gasteiger partial charge in [0.1, 0.15) is 6.07 Å². The van der Waals surface area contributed by atoms with Crippen molar-refractivity contribution in [3.8, 4) is 12.1 Å². The maximum atomic E-state index is 9.79. The quantitative estimate of drug-likeness (QED) is 0.705. The minimum absolute atomic E-state index is 0.159. The number of nitrogens with zero attached hydrogens (tertiary/aromatic N) is 3. The Kier molecular flexibility index (Phi) is 5.74. The van der Waals surface area contributed by atoms with Gasteiger partial charge in [0.15, 0.2) is 0 Å². The number of nitriles is 1. The molecule has 0 aliphatic heterocycles. The van der Waals surface area contributed by atoms with Gasteiger partial charge in [-0.2, -0.15) is 5.26 Å². The Morgan fingerprint density at radius 1 is 1.18 bits per heavy atom. The molecule has 2 aromatic rings. The Labute approximate surface area is 135 Å². The van der Waals surface area contributed by atoms with Crippen molar-refractivity contribution in [2.45, 2.75) is 38.2 Å². The van der Waals surface area contributed by atoms with Gasteiger partial charge in [-0.15, -0.1) is 0 Å². The molecule has 0 aliphatic carbocycles. The van der Waals surface area contributed by atoms with Gasteiger partial charge in [-0.25, -0.2) is 9.97 Å². The molecule has 0 bridgehead atoms. The molecule has 0 fully saturated rings. The molecule has 1 aromatic heterocycles. The predicted octanol–water partition coefficient (Wildman–Crippen LogP) is 4.51. The number of unbranched alkanes of at least 4 members (excludes halogenated alkanes) is 2. The average Bonchev–Trinajstić information content (AvgIpc) is 2.57. The van der Waals surface area contributed by atoms with Crippen molar-refractivity contribution >= 4 is 11.6 Å². The summed E-state index contributed by atoms with van der Waals surface area (Å²) in [4.78, 5) is 8.10. The van der Waals surface area contributed by atoms with Crippen molar-refractivity contribution in [3.05, 3.63) is 53.3 Å². The van der Waals surface area contributed by atoms with Gasteiger partial charge in [0, 0.05) is 12.0 Å². The second-order valence-corrected chi connectivity index (χ2v) is 5.48. The van der Waals surface area contributed by atoms with E-state index in [9.17, 15) is 5.26 Å². The Balaban J connectivity index is 2.31. The van der Waals surface area contributed by atoms with E-state index in [1.807, 2.05) is 30.3 Å². The number of ether oxygens (including phenoxy) is 1. The lowest BCUT2D eigenvalue weighted by Crippen LogP contribution is -2.32.